The first kappa shape index (κ1) is 17.5. The fourth-order valence-corrected chi connectivity index (χ4v) is 2.58. The lowest BCUT2D eigenvalue weighted by Crippen LogP contribution is -2.39. The molecule has 0 atom stereocenters. The number of carbonyl (C=O) groups excluding carboxylic acids is 2. The van der Waals surface area contributed by atoms with Gasteiger partial charge in [-0.1, -0.05) is 32.9 Å². The molecule has 0 aromatic heterocycles. The Bertz CT molecular complexity index is 570. The first-order chi connectivity index (χ1) is 10.8. The molecule has 0 heterocycles. The predicted molar refractivity (Wildman–Crippen MR) is 90.3 cm³/mol. The molecule has 0 saturated heterocycles. The van der Waals surface area contributed by atoms with E-state index in [1.165, 1.54) is 0 Å². The monoisotopic (exact) mass is 318 g/mol. The van der Waals surface area contributed by atoms with E-state index in [-0.39, 0.29) is 24.0 Å². The highest BCUT2D eigenvalue weighted by molar-refractivity contribution is 6.04. The van der Waals surface area contributed by atoms with Crippen molar-refractivity contribution in [1.82, 2.24) is 5.32 Å². The van der Waals surface area contributed by atoms with Crippen molar-refractivity contribution < 1.29 is 14.7 Å². The molecule has 5 nitrogen and oxygen atoms in total. The van der Waals surface area contributed by atoms with Gasteiger partial charge in [0, 0.05) is 11.5 Å². The molecule has 1 aliphatic carbocycles. The lowest BCUT2D eigenvalue weighted by molar-refractivity contribution is -0.123. The molecule has 0 radical (unpaired) electrons. The third-order valence-electron chi connectivity index (χ3n) is 4.13. The molecule has 2 rings (SSSR count). The van der Waals surface area contributed by atoms with Crippen LogP contribution in [0.4, 0.5) is 5.69 Å². The van der Waals surface area contributed by atoms with Crippen LogP contribution in [0.3, 0.4) is 0 Å². The zero-order valence-corrected chi connectivity index (χ0v) is 14.1. The Morgan fingerprint density at radius 3 is 2.30 bits per heavy atom. The second kappa shape index (κ2) is 7.13. The molecule has 23 heavy (non-hydrogen) atoms. The highest BCUT2D eigenvalue weighted by atomic mass is 16.3. The first-order valence-corrected chi connectivity index (χ1v) is 8.17. The van der Waals surface area contributed by atoms with Gasteiger partial charge in [0.05, 0.1) is 17.4 Å². The standard InChI is InChI=1S/C18H26N2O3/c1-18(2,3)17(23)20-15-7-5-4-6-14(15)16(22)19-12-8-10-13(21)11-9-12/h4-7,12-13,21H,8-11H2,1-3H3,(H,19,22)(H,20,23). The van der Waals surface area contributed by atoms with Gasteiger partial charge in [-0.05, 0) is 37.8 Å². The minimum Gasteiger partial charge on any atom is -0.393 e. The van der Waals surface area contributed by atoms with Crippen molar-refractivity contribution in [3.05, 3.63) is 29.8 Å². The number of benzene rings is 1. The number of hydrogen-bond acceptors (Lipinski definition) is 3. The van der Waals surface area contributed by atoms with E-state index in [1.807, 2.05) is 20.8 Å². The van der Waals surface area contributed by atoms with Gasteiger partial charge in [0.1, 0.15) is 0 Å². The molecule has 0 bridgehead atoms. The second-order valence-corrected chi connectivity index (χ2v) is 7.23. The van der Waals surface area contributed by atoms with Crippen molar-refractivity contribution in [2.24, 2.45) is 5.41 Å². The summed E-state index contributed by atoms with van der Waals surface area (Å²) in [5, 5.41) is 15.4. The Morgan fingerprint density at radius 1 is 1.09 bits per heavy atom. The quantitative estimate of drug-likeness (QED) is 0.802. The van der Waals surface area contributed by atoms with Gasteiger partial charge in [-0.15, -0.1) is 0 Å². The molecule has 0 spiro atoms. The normalized spacial score (nSPS) is 21.6. The Balaban J connectivity index is 2.07. The van der Waals surface area contributed by atoms with Crippen molar-refractivity contribution in [1.29, 1.82) is 0 Å². The maximum Gasteiger partial charge on any atom is 0.253 e. The molecule has 0 unspecified atom stereocenters. The van der Waals surface area contributed by atoms with Crippen molar-refractivity contribution in [2.45, 2.75) is 58.6 Å². The van der Waals surface area contributed by atoms with Crippen LogP contribution in [-0.4, -0.2) is 29.1 Å². The predicted octanol–water partition coefficient (Wildman–Crippen LogP) is 2.70. The van der Waals surface area contributed by atoms with E-state index in [2.05, 4.69) is 10.6 Å². The Kier molecular flexibility index (Phi) is 5.42. The lowest BCUT2D eigenvalue weighted by atomic mass is 9.93. The van der Waals surface area contributed by atoms with Crippen LogP contribution in [0.5, 0.6) is 0 Å². The van der Waals surface area contributed by atoms with Gasteiger partial charge < -0.3 is 15.7 Å². The first-order valence-electron chi connectivity index (χ1n) is 8.17. The summed E-state index contributed by atoms with van der Waals surface area (Å²) in [6, 6.07) is 7.12. The van der Waals surface area contributed by atoms with Crippen LogP contribution in [0, 0.1) is 5.41 Å². The third-order valence-corrected chi connectivity index (χ3v) is 4.13. The van der Waals surface area contributed by atoms with Crippen molar-refractivity contribution in [3.8, 4) is 0 Å². The van der Waals surface area contributed by atoms with Gasteiger partial charge in [0.25, 0.3) is 5.91 Å². The molecule has 1 aliphatic rings. The van der Waals surface area contributed by atoms with Crippen LogP contribution in [-0.2, 0) is 4.79 Å². The zero-order valence-electron chi connectivity index (χ0n) is 14.1. The maximum atomic E-state index is 12.5. The molecular formula is C18H26N2O3. The molecule has 1 saturated carbocycles. The maximum absolute atomic E-state index is 12.5. The van der Waals surface area contributed by atoms with E-state index < -0.39 is 5.41 Å². The second-order valence-electron chi connectivity index (χ2n) is 7.23. The van der Waals surface area contributed by atoms with Crippen LogP contribution in [0.2, 0.25) is 0 Å². The van der Waals surface area contributed by atoms with Crippen LogP contribution >= 0.6 is 0 Å². The van der Waals surface area contributed by atoms with Gasteiger partial charge in [0.2, 0.25) is 5.91 Å². The fourth-order valence-electron chi connectivity index (χ4n) is 2.58. The third kappa shape index (κ3) is 4.79. The van der Waals surface area contributed by atoms with E-state index in [0.29, 0.717) is 24.1 Å². The topological polar surface area (TPSA) is 78.4 Å². The minimum atomic E-state index is -0.525. The van der Waals surface area contributed by atoms with E-state index >= 15 is 0 Å². The summed E-state index contributed by atoms with van der Waals surface area (Å²) in [5.41, 5.74) is 0.473. The van der Waals surface area contributed by atoms with E-state index in [9.17, 15) is 14.7 Å². The molecule has 1 aromatic rings. The molecule has 1 fully saturated rings. The number of hydrogen-bond donors (Lipinski definition) is 3. The minimum absolute atomic E-state index is 0.0808. The van der Waals surface area contributed by atoms with Crippen molar-refractivity contribution in [3.63, 3.8) is 0 Å². The van der Waals surface area contributed by atoms with Gasteiger partial charge in [0.15, 0.2) is 0 Å². The molecule has 3 N–H and O–H groups in total. The summed E-state index contributed by atoms with van der Waals surface area (Å²) in [6.07, 6.45) is 2.75. The van der Waals surface area contributed by atoms with Crippen LogP contribution in [0.25, 0.3) is 0 Å². The number of rotatable bonds is 3. The summed E-state index contributed by atoms with van der Waals surface area (Å²) in [6.45, 7) is 5.50. The van der Waals surface area contributed by atoms with Crippen LogP contribution in [0.1, 0.15) is 56.8 Å². The van der Waals surface area contributed by atoms with E-state index in [1.54, 1.807) is 24.3 Å². The number of carbonyl (C=O) groups is 2. The lowest BCUT2D eigenvalue weighted by Gasteiger charge is -2.26. The van der Waals surface area contributed by atoms with Crippen LogP contribution in [0.15, 0.2) is 24.3 Å². The Hall–Kier alpha value is -1.88. The summed E-state index contributed by atoms with van der Waals surface area (Å²) < 4.78 is 0. The van der Waals surface area contributed by atoms with Gasteiger partial charge >= 0.3 is 0 Å². The molecular weight excluding hydrogens is 292 g/mol. The summed E-state index contributed by atoms with van der Waals surface area (Å²) in [4.78, 5) is 24.7. The smallest absolute Gasteiger partial charge is 0.253 e. The van der Waals surface area contributed by atoms with Crippen LogP contribution < -0.4 is 10.6 Å². The van der Waals surface area contributed by atoms with Gasteiger partial charge in [-0.2, -0.15) is 0 Å². The molecule has 2 amide bonds. The van der Waals surface area contributed by atoms with Gasteiger partial charge in [-0.3, -0.25) is 9.59 Å². The zero-order chi connectivity index (χ0) is 17.0. The highest BCUT2D eigenvalue weighted by Gasteiger charge is 2.25. The molecule has 5 heteroatoms. The molecule has 126 valence electrons. The number of nitrogens with one attached hydrogen (secondary N) is 2. The average molecular weight is 318 g/mol. The van der Waals surface area contributed by atoms with Gasteiger partial charge in [-0.25, -0.2) is 0 Å². The Labute approximate surface area is 137 Å². The number of anilines is 1. The largest absolute Gasteiger partial charge is 0.393 e. The summed E-state index contributed by atoms with van der Waals surface area (Å²) in [7, 11) is 0. The summed E-state index contributed by atoms with van der Waals surface area (Å²) in [5.74, 6) is -0.310. The van der Waals surface area contributed by atoms with Crippen molar-refractivity contribution >= 4 is 17.5 Å². The highest BCUT2D eigenvalue weighted by Crippen LogP contribution is 2.22. The number of para-hydroxylation sites is 1. The molecule has 1 aromatic carbocycles. The SMILES string of the molecule is CC(C)(C)C(=O)Nc1ccccc1C(=O)NC1CCC(O)CC1. The van der Waals surface area contributed by atoms with E-state index in [4.69, 9.17) is 0 Å². The van der Waals surface area contributed by atoms with Crippen molar-refractivity contribution in [2.75, 3.05) is 5.32 Å². The van der Waals surface area contributed by atoms with E-state index in [0.717, 1.165) is 12.8 Å². The molecule has 0 aliphatic heterocycles. The number of aliphatic hydroxyl groups excluding tert-OH is 1. The number of aliphatic hydroxyl groups is 1. The fraction of sp³-hybridized carbons (Fsp3) is 0.556. The summed E-state index contributed by atoms with van der Waals surface area (Å²) >= 11 is 0. The average Bonchev–Trinajstić information content (AvgIpc) is 2.49. The Morgan fingerprint density at radius 2 is 1.70 bits per heavy atom. The number of amides is 2.